The number of nitrogens with one attached hydrogen (secondary N) is 1. The number of ether oxygens (including phenoxy) is 3. The Bertz CT molecular complexity index is 1830. The Kier molecular flexibility index (Phi) is 16.0. The van der Waals surface area contributed by atoms with Crippen molar-refractivity contribution in [3.63, 3.8) is 0 Å². The molecule has 0 aromatic heterocycles. The van der Waals surface area contributed by atoms with Crippen LogP contribution >= 0.6 is 0 Å². The molecule has 0 saturated carbocycles. The van der Waals surface area contributed by atoms with E-state index in [2.05, 4.69) is 10.2 Å². The highest BCUT2D eigenvalue weighted by Gasteiger charge is 2.32. The summed E-state index contributed by atoms with van der Waals surface area (Å²) in [5.41, 5.74) is 1.12. The number of hydrogen-bond acceptors (Lipinski definition) is 13. The van der Waals surface area contributed by atoms with Gasteiger partial charge < -0.3 is 34.2 Å². The summed E-state index contributed by atoms with van der Waals surface area (Å²) < 4.78 is 16.2. The van der Waals surface area contributed by atoms with E-state index in [-0.39, 0.29) is 60.6 Å². The molecule has 0 bridgehead atoms. The van der Waals surface area contributed by atoms with Gasteiger partial charge in [0.1, 0.15) is 6.54 Å². The number of rotatable bonds is 19. The molecule has 0 unspecified atom stereocenters. The minimum Gasteiger partial charge on any atom is -0.493 e. The molecule has 7 N–H and O–H groups in total. The van der Waals surface area contributed by atoms with E-state index in [1.165, 1.54) is 43.3 Å². The Morgan fingerprint density at radius 1 is 0.804 bits per heavy atom. The van der Waals surface area contributed by atoms with Crippen LogP contribution < -0.4 is 47.1 Å². The van der Waals surface area contributed by atoms with Gasteiger partial charge in [-0.05, 0) is 81.1 Å². The number of Topliss-reactive ketones (excluding diaryl/α,β-unsaturated/α-hetero) is 1. The zero-order valence-corrected chi connectivity index (χ0v) is 33.3. The van der Waals surface area contributed by atoms with Gasteiger partial charge in [0.05, 0.1) is 51.2 Å². The maximum atomic E-state index is 14.0. The van der Waals surface area contributed by atoms with Crippen LogP contribution in [0.4, 0.5) is 21.9 Å². The number of amides is 4. The maximum Gasteiger partial charge on any atom is 0.357 e. The SMILES string of the molecule is COc1cc(C(=O)N(CCC(=O)ON)CC(=O)N(CCC(C)C)CC(=O)C(C)(C)Nc2ccc(N(N)C(=O)N(N)c3ccccc3C)cc2)cc(OC)c1OC. The van der Waals surface area contributed by atoms with Gasteiger partial charge in [0.25, 0.3) is 5.91 Å². The van der Waals surface area contributed by atoms with E-state index >= 15 is 0 Å². The molecule has 3 aromatic rings. The first-order chi connectivity index (χ1) is 26.5. The van der Waals surface area contributed by atoms with Crippen LogP contribution in [0.25, 0.3) is 0 Å². The summed E-state index contributed by atoms with van der Waals surface area (Å²) in [6.07, 6.45) is 0.279. The lowest BCUT2D eigenvalue weighted by Crippen LogP contribution is -2.51. The lowest BCUT2D eigenvalue weighted by molar-refractivity contribution is -0.144. The van der Waals surface area contributed by atoms with E-state index in [9.17, 15) is 24.0 Å². The summed E-state index contributed by atoms with van der Waals surface area (Å²) >= 11 is 0. The average molecular weight is 779 g/mol. The molecule has 304 valence electrons. The number of nitrogens with two attached hydrogens (primary N) is 3. The minimum atomic E-state index is -1.18. The van der Waals surface area contributed by atoms with Crippen molar-refractivity contribution in [2.75, 3.05) is 62.8 Å². The number of urea groups is 1. The number of ketones is 1. The normalized spacial score (nSPS) is 11.0. The molecule has 0 aliphatic heterocycles. The Hall–Kier alpha value is -5.91. The summed E-state index contributed by atoms with van der Waals surface area (Å²) in [7, 11) is 4.23. The van der Waals surface area contributed by atoms with Gasteiger partial charge in [-0.15, -0.1) is 0 Å². The number of carbonyl (C=O) groups excluding carboxylic acids is 5. The Morgan fingerprint density at radius 2 is 1.41 bits per heavy atom. The third-order valence-corrected chi connectivity index (χ3v) is 8.99. The summed E-state index contributed by atoms with van der Waals surface area (Å²) in [5, 5.41) is 5.08. The lowest BCUT2D eigenvalue weighted by atomic mass is 9.97. The number of anilines is 3. The van der Waals surface area contributed by atoms with E-state index in [4.69, 9.17) is 31.8 Å². The van der Waals surface area contributed by atoms with E-state index in [0.29, 0.717) is 23.5 Å². The van der Waals surface area contributed by atoms with Gasteiger partial charge in [-0.1, -0.05) is 32.0 Å². The van der Waals surface area contributed by atoms with Gasteiger partial charge in [0, 0.05) is 24.3 Å². The molecule has 0 aliphatic rings. The quantitative estimate of drug-likeness (QED) is 0.0773. The minimum absolute atomic E-state index is 0.100. The summed E-state index contributed by atoms with van der Waals surface area (Å²) in [5.74, 6) is 15.9. The molecule has 0 spiro atoms. The van der Waals surface area contributed by atoms with Crippen molar-refractivity contribution in [2.45, 2.75) is 53.0 Å². The molecule has 0 heterocycles. The van der Waals surface area contributed by atoms with Crippen molar-refractivity contribution in [1.29, 1.82) is 0 Å². The van der Waals surface area contributed by atoms with E-state index in [0.717, 1.165) is 15.6 Å². The van der Waals surface area contributed by atoms with Crippen LogP contribution in [0, 0.1) is 12.8 Å². The Balaban J connectivity index is 1.80. The van der Waals surface area contributed by atoms with Crippen molar-refractivity contribution < 1.29 is 43.0 Å². The van der Waals surface area contributed by atoms with Gasteiger partial charge in [0.15, 0.2) is 17.3 Å². The number of carbonyl (C=O) groups is 5. The van der Waals surface area contributed by atoms with Gasteiger partial charge in [-0.25, -0.2) is 26.5 Å². The average Bonchev–Trinajstić information content (AvgIpc) is 3.18. The van der Waals surface area contributed by atoms with Crippen LogP contribution in [0.5, 0.6) is 17.2 Å². The van der Waals surface area contributed by atoms with Crippen molar-refractivity contribution in [2.24, 2.45) is 23.5 Å². The molecule has 4 amide bonds. The van der Waals surface area contributed by atoms with Crippen LogP contribution in [0.1, 0.15) is 56.5 Å². The van der Waals surface area contributed by atoms with Gasteiger partial charge >= 0.3 is 12.0 Å². The second-order valence-corrected chi connectivity index (χ2v) is 13.9. The fourth-order valence-corrected chi connectivity index (χ4v) is 5.56. The highest BCUT2D eigenvalue weighted by molar-refractivity contribution is 6.02. The number of methoxy groups -OCH3 is 3. The summed E-state index contributed by atoms with van der Waals surface area (Å²) in [6, 6.07) is 15.9. The zero-order chi connectivity index (χ0) is 41.7. The number of hydrogen-bond donors (Lipinski definition) is 4. The Morgan fingerprint density at radius 3 is 1.95 bits per heavy atom. The molecule has 0 fully saturated rings. The van der Waals surface area contributed by atoms with Crippen molar-refractivity contribution in [1.82, 2.24) is 9.80 Å². The highest BCUT2D eigenvalue weighted by atomic mass is 16.7. The van der Waals surface area contributed by atoms with Crippen LogP contribution in [0.15, 0.2) is 60.7 Å². The Labute approximate surface area is 327 Å². The first-order valence-corrected chi connectivity index (χ1v) is 17.8. The van der Waals surface area contributed by atoms with Gasteiger partial charge in [-0.2, -0.15) is 5.90 Å². The van der Waals surface area contributed by atoms with E-state index in [1.54, 1.807) is 50.2 Å². The van der Waals surface area contributed by atoms with Crippen LogP contribution in [0.2, 0.25) is 0 Å². The number of para-hydroxylation sites is 1. The third-order valence-electron chi connectivity index (χ3n) is 8.99. The monoisotopic (exact) mass is 778 g/mol. The van der Waals surface area contributed by atoms with Crippen LogP contribution in [0.3, 0.4) is 0 Å². The fourth-order valence-electron chi connectivity index (χ4n) is 5.56. The van der Waals surface area contributed by atoms with Crippen molar-refractivity contribution in [3.8, 4) is 17.2 Å². The smallest absolute Gasteiger partial charge is 0.357 e. The molecule has 0 radical (unpaired) electrons. The largest absolute Gasteiger partial charge is 0.493 e. The molecular formula is C39H54N8O9. The van der Waals surface area contributed by atoms with E-state index < -0.39 is 35.9 Å². The molecular weight excluding hydrogens is 724 g/mol. The maximum absolute atomic E-state index is 14.0. The molecule has 3 aromatic carbocycles. The van der Waals surface area contributed by atoms with Crippen LogP contribution in [-0.4, -0.2) is 92.4 Å². The fraction of sp³-hybridized carbons (Fsp3) is 0.410. The van der Waals surface area contributed by atoms with E-state index in [1.807, 2.05) is 32.9 Å². The number of hydrazine groups is 2. The first kappa shape index (κ1) is 44.5. The molecule has 17 heteroatoms. The second-order valence-electron chi connectivity index (χ2n) is 13.9. The number of aryl methyl sites for hydroxylation is 1. The molecule has 0 atom stereocenters. The number of benzene rings is 3. The molecule has 0 saturated heterocycles. The molecule has 17 nitrogen and oxygen atoms in total. The summed E-state index contributed by atoms with van der Waals surface area (Å²) in [4.78, 5) is 73.7. The number of nitrogens with zero attached hydrogens (tertiary/aromatic N) is 4. The van der Waals surface area contributed by atoms with Crippen molar-refractivity contribution >= 4 is 46.7 Å². The molecule has 3 rings (SSSR count). The van der Waals surface area contributed by atoms with Crippen molar-refractivity contribution in [3.05, 3.63) is 71.8 Å². The topological polar surface area (TPSA) is 225 Å². The zero-order valence-electron chi connectivity index (χ0n) is 33.3. The lowest BCUT2D eigenvalue weighted by Gasteiger charge is -2.32. The standard InChI is InChI=1S/C39H54N8O9/c1-25(2)17-19-44(34(49)24-45(20-18-35(50)56-42)37(51)27-21-31(53-6)36(55-8)32(22-27)54-7)23-33(48)39(4,5)43-28-13-15-29(16-14-28)46(40)38(52)47(41)30-12-10-9-11-26(30)3/h9-16,21-22,25,43H,17-20,23-24,40-42H2,1-8H3. The predicted molar refractivity (Wildman–Crippen MR) is 212 cm³/mol. The van der Waals surface area contributed by atoms with Crippen LogP contribution in [-0.2, 0) is 19.2 Å². The van der Waals surface area contributed by atoms with Gasteiger partial charge in [-0.3, -0.25) is 19.2 Å². The first-order valence-electron chi connectivity index (χ1n) is 17.8. The van der Waals surface area contributed by atoms with Gasteiger partial charge in [0.2, 0.25) is 11.7 Å². The predicted octanol–water partition coefficient (Wildman–Crippen LogP) is 3.78. The third kappa shape index (κ3) is 11.5. The highest BCUT2D eigenvalue weighted by Crippen LogP contribution is 2.38. The summed E-state index contributed by atoms with van der Waals surface area (Å²) in [6.45, 7) is 8.43. The second kappa shape index (κ2) is 20.1. The molecule has 56 heavy (non-hydrogen) atoms. The molecule has 0 aliphatic carbocycles.